The molecule has 0 aliphatic carbocycles. The van der Waals surface area contributed by atoms with Gasteiger partial charge in [0.2, 0.25) is 0 Å². The molecule has 0 saturated heterocycles. The molecule has 0 aliphatic rings. The molecule has 1 aromatic heterocycles. The lowest BCUT2D eigenvalue weighted by atomic mass is 10.4. The Hall–Kier alpha value is -0.850. The monoisotopic (exact) mass is 203 g/mol. The van der Waals surface area contributed by atoms with Gasteiger partial charge in [0.1, 0.15) is 0 Å². The van der Waals surface area contributed by atoms with Crippen molar-refractivity contribution in [3.05, 3.63) is 23.5 Å². The molecular formula is C7H13N3O2S. The van der Waals surface area contributed by atoms with Crippen LogP contribution in [0.5, 0.6) is 0 Å². The van der Waals surface area contributed by atoms with Gasteiger partial charge in [-0.15, -0.1) is 0 Å². The summed E-state index contributed by atoms with van der Waals surface area (Å²) < 4.78 is 25.3. The molecule has 0 spiro atoms. The van der Waals surface area contributed by atoms with E-state index in [0.29, 0.717) is 0 Å². The average Bonchev–Trinajstić information content (AvgIpc) is 2.29. The van der Waals surface area contributed by atoms with Crippen LogP contribution in [0.25, 0.3) is 0 Å². The highest BCUT2D eigenvalue weighted by Gasteiger charge is 2.04. The Kier molecular flexibility index (Phi) is 2.74. The number of hydrogen-bond acceptors (Lipinski definition) is 2. The molecule has 0 bridgehead atoms. The van der Waals surface area contributed by atoms with E-state index in [1.54, 1.807) is 0 Å². The largest absolute Gasteiger partial charge is 0.351 e. The van der Waals surface area contributed by atoms with Gasteiger partial charge in [-0.05, 0) is 19.1 Å². The summed E-state index contributed by atoms with van der Waals surface area (Å²) >= 11 is 0. The average molecular weight is 203 g/mol. The fraction of sp³-hybridized carbons (Fsp3) is 0.429. The highest BCUT2D eigenvalue weighted by molar-refractivity contribution is 7.87. The molecule has 1 rings (SSSR count). The summed E-state index contributed by atoms with van der Waals surface area (Å²) in [6.45, 7) is 2.17. The minimum Gasteiger partial charge on any atom is -0.351 e. The summed E-state index contributed by atoms with van der Waals surface area (Å²) in [7, 11) is -1.72. The van der Waals surface area contributed by atoms with Crippen LogP contribution in [0.2, 0.25) is 0 Å². The smallest absolute Gasteiger partial charge is 0.274 e. The normalized spacial score (nSPS) is 11.9. The fourth-order valence-electron chi connectivity index (χ4n) is 1.02. The maximum Gasteiger partial charge on any atom is 0.274 e. The van der Waals surface area contributed by atoms with Gasteiger partial charge in [-0.3, -0.25) is 0 Å². The van der Waals surface area contributed by atoms with Gasteiger partial charge in [-0.1, -0.05) is 0 Å². The quantitative estimate of drug-likeness (QED) is 0.703. The van der Waals surface area contributed by atoms with Crippen molar-refractivity contribution in [2.45, 2.75) is 13.5 Å². The van der Waals surface area contributed by atoms with E-state index < -0.39 is 10.2 Å². The van der Waals surface area contributed by atoms with Crippen molar-refractivity contribution in [2.75, 3.05) is 0 Å². The number of hydrogen-bond donors (Lipinski definition) is 2. The van der Waals surface area contributed by atoms with Crippen molar-refractivity contribution in [1.82, 2.24) is 9.29 Å². The van der Waals surface area contributed by atoms with E-state index in [2.05, 4.69) is 4.72 Å². The Morgan fingerprint density at radius 2 is 2.15 bits per heavy atom. The second kappa shape index (κ2) is 3.49. The molecule has 0 saturated carbocycles. The Morgan fingerprint density at radius 3 is 2.54 bits per heavy atom. The zero-order valence-electron chi connectivity index (χ0n) is 7.61. The maximum atomic E-state index is 10.6. The minimum atomic E-state index is -3.59. The summed E-state index contributed by atoms with van der Waals surface area (Å²) in [6.07, 6.45) is 0. The van der Waals surface area contributed by atoms with Crippen molar-refractivity contribution < 1.29 is 8.42 Å². The SMILES string of the molecule is Cc1ccc(CNS(N)(=O)=O)n1C. The number of nitrogens with zero attached hydrogens (tertiary/aromatic N) is 1. The number of aryl methyl sites for hydroxylation is 1. The van der Waals surface area contributed by atoms with E-state index in [0.717, 1.165) is 11.4 Å². The van der Waals surface area contributed by atoms with Crippen LogP contribution in [0.3, 0.4) is 0 Å². The molecule has 5 nitrogen and oxygen atoms in total. The molecule has 1 aromatic rings. The number of nitrogens with one attached hydrogen (secondary N) is 1. The van der Waals surface area contributed by atoms with Gasteiger partial charge in [0.05, 0.1) is 6.54 Å². The summed E-state index contributed by atoms with van der Waals surface area (Å²) in [5.74, 6) is 0. The molecule has 0 aromatic carbocycles. The van der Waals surface area contributed by atoms with Crippen molar-refractivity contribution in [3.8, 4) is 0 Å². The lowest BCUT2D eigenvalue weighted by molar-refractivity contribution is 0.580. The first kappa shape index (κ1) is 10.2. The summed E-state index contributed by atoms with van der Waals surface area (Å²) in [5.41, 5.74) is 1.96. The van der Waals surface area contributed by atoms with Crippen LogP contribution in [0, 0.1) is 6.92 Å². The van der Waals surface area contributed by atoms with Crippen LogP contribution in [-0.2, 0) is 23.8 Å². The number of rotatable bonds is 3. The Balaban J connectivity index is 2.71. The van der Waals surface area contributed by atoms with E-state index in [-0.39, 0.29) is 6.54 Å². The van der Waals surface area contributed by atoms with Crippen LogP contribution in [0.1, 0.15) is 11.4 Å². The van der Waals surface area contributed by atoms with E-state index in [1.165, 1.54) is 0 Å². The van der Waals surface area contributed by atoms with Crippen molar-refractivity contribution in [1.29, 1.82) is 0 Å². The van der Waals surface area contributed by atoms with E-state index in [9.17, 15) is 8.42 Å². The van der Waals surface area contributed by atoms with Gasteiger partial charge in [0.25, 0.3) is 10.2 Å². The molecule has 0 unspecified atom stereocenters. The van der Waals surface area contributed by atoms with Gasteiger partial charge < -0.3 is 4.57 Å². The minimum absolute atomic E-state index is 0.225. The highest BCUT2D eigenvalue weighted by atomic mass is 32.2. The first-order chi connectivity index (χ1) is 5.90. The molecule has 13 heavy (non-hydrogen) atoms. The summed E-state index contributed by atoms with van der Waals surface area (Å²) in [5, 5.41) is 4.79. The molecule has 0 radical (unpaired) electrons. The molecule has 0 atom stereocenters. The van der Waals surface area contributed by atoms with E-state index >= 15 is 0 Å². The third kappa shape index (κ3) is 2.83. The molecule has 0 aliphatic heterocycles. The third-order valence-corrected chi connectivity index (χ3v) is 2.48. The van der Waals surface area contributed by atoms with Gasteiger partial charge in [0.15, 0.2) is 0 Å². The zero-order chi connectivity index (χ0) is 10.1. The fourth-order valence-corrected chi connectivity index (χ4v) is 1.37. The second-order valence-electron chi connectivity index (χ2n) is 2.89. The van der Waals surface area contributed by atoms with Gasteiger partial charge >= 0.3 is 0 Å². The lowest BCUT2D eigenvalue weighted by Crippen LogP contribution is -2.30. The molecule has 0 fully saturated rings. The number of aromatic nitrogens is 1. The van der Waals surface area contributed by atoms with Gasteiger partial charge in [-0.25, -0.2) is 5.14 Å². The highest BCUT2D eigenvalue weighted by Crippen LogP contribution is 2.04. The van der Waals surface area contributed by atoms with Crippen LogP contribution >= 0.6 is 0 Å². The van der Waals surface area contributed by atoms with E-state index in [1.807, 2.05) is 30.7 Å². The topological polar surface area (TPSA) is 77.1 Å². The predicted molar refractivity (Wildman–Crippen MR) is 50.1 cm³/mol. The van der Waals surface area contributed by atoms with Crippen molar-refractivity contribution in [3.63, 3.8) is 0 Å². The summed E-state index contributed by atoms with van der Waals surface area (Å²) in [6, 6.07) is 3.77. The molecule has 1 heterocycles. The van der Waals surface area contributed by atoms with Crippen LogP contribution < -0.4 is 9.86 Å². The number of nitrogens with two attached hydrogens (primary N) is 1. The molecule has 3 N–H and O–H groups in total. The third-order valence-electron chi connectivity index (χ3n) is 1.93. The Labute approximate surface area is 77.7 Å². The van der Waals surface area contributed by atoms with Crippen molar-refractivity contribution >= 4 is 10.2 Å². The first-order valence-electron chi connectivity index (χ1n) is 3.79. The molecule has 74 valence electrons. The van der Waals surface area contributed by atoms with Crippen LogP contribution in [0.4, 0.5) is 0 Å². The van der Waals surface area contributed by atoms with Crippen LogP contribution in [-0.4, -0.2) is 13.0 Å². The molecule has 6 heteroatoms. The molecular weight excluding hydrogens is 190 g/mol. The zero-order valence-corrected chi connectivity index (χ0v) is 8.43. The Morgan fingerprint density at radius 1 is 1.54 bits per heavy atom. The van der Waals surface area contributed by atoms with Crippen molar-refractivity contribution in [2.24, 2.45) is 12.2 Å². The first-order valence-corrected chi connectivity index (χ1v) is 5.33. The van der Waals surface area contributed by atoms with Gasteiger partial charge in [0, 0.05) is 18.4 Å². The van der Waals surface area contributed by atoms with Crippen LogP contribution in [0.15, 0.2) is 12.1 Å². The second-order valence-corrected chi connectivity index (χ2v) is 4.27. The predicted octanol–water partition coefficient (Wildman–Crippen LogP) is -0.373. The standard InChI is InChI=1S/C7H13N3O2S/c1-6-3-4-7(10(6)2)5-9-13(8,11)12/h3-4,9H,5H2,1-2H3,(H2,8,11,12). The Bertz CT molecular complexity index is 394. The van der Waals surface area contributed by atoms with Gasteiger partial charge in [-0.2, -0.15) is 13.1 Å². The maximum absolute atomic E-state index is 10.6. The summed E-state index contributed by atoms with van der Waals surface area (Å²) in [4.78, 5) is 0. The van der Waals surface area contributed by atoms with E-state index in [4.69, 9.17) is 5.14 Å². The lowest BCUT2D eigenvalue weighted by Gasteiger charge is -2.04. The molecule has 0 amide bonds.